The third-order valence-electron chi connectivity index (χ3n) is 6.09. The summed E-state index contributed by atoms with van der Waals surface area (Å²) in [6.45, 7) is -2.32. The zero-order chi connectivity index (χ0) is 25.3. The van der Waals surface area contributed by atoms with Gasteiger partial charge in [-0.1, -0.05) is 0 Å². The van der Waals surface area contributed by atoms with Crippen LogP contribution in [0.15, 0.2) is 0 Å². The van der Waals surface area contributed by atoms with Gasteiger partial charge in [0.05, 0.1) is 19.8 Å². The molecule has 3 aliphatic rings. The van der Waals surface area contributed by atoms with E-state index in [0.717, 1.165) is 0 Å². The molecule has 0 aromatic carbocycles. The Balaban J connectivity index is 1.72. The third-order valence-corrected chi connectivity index (χ3v) is 6.09. The van der Waals surface area contributed by atoms with Crippen molar-refractivity contribution in [3.05, 3.63) is 0 Å². The van der Waals surface area contributed by atoms with Crippen LogP contribution < -0.4 is 0 Å². The average Bonchev–Trinajstić information content (AvgIpc) is 2.83. The van der Waals surface area contributed by atoms with Crippen LogP contribution in [-0.4, -0.2) is 168 Å². The Kier molecular flexibility index (Phi) is 9.54. The fraction of sp³-hybridized carbons (Fsp3) is 1.00. The molecule has 0 aromatic rings. The fourth-order valence-electron chi connectivity index (χ4n) is 4.06. The van der Waals surface area contributed by atoms with Gasteiger partial charge in [-0.05, 0) is 0 Å². The maximum absolute atomic E-state index is 10.6. The summed E-state index contributed by atoms with van der Waals surface area (Å²) in [5, 5.41) is 109. The summed E-state index contributed by atoms with van der Waals surface area (Å²) in [7, 11) is 0. The zero-order valence-corrected chi connectivity index (χ0v) is 17.7. The summed E-state index contributed by atoms with van der Waals surface area (Å²) in [4.78, 5) is 0. The first-order chi connectivity index (χ1) is 16.0. The van der Waals surface area contributed by atoms with Crippen molar-refractivity contribution < 1.29 is 79.9 Å². The van der Waals surface area contributed by atoms with Crippen molar-refractivity contribution in [1.82, 2.24) is 0 Å². The summed E-state index contributed by atoms with van der Waals surface area (Å²) >= 11 is 0. The first-order valence-electron chi connectivity index (χ1n) is 10.6. The largest absolute Gasteiger partial charge is 0.394 e. The van der Waals surface area contributed by atoms with Gasteiger partial charge in [-0.2, -0.15) is 0 Å². The molecule has 3 rings (SSSR count). The molecule has 3 saturated heterocycles. The maximum Gasteiger partial charge on any atom is 0.187 e. The van der Waals surface area contributed by atoms with E-state index in [1.165, 1.54) is 0 Å². The lowest BCUT2D eigenvalue weighted by Gasteiger charge is -2.47. The molecule has 0 aromatic heterocycles. The smallest absolute Gasteiger partial charge is 0.187 e. The standard InChI is InChI=1S/C18H32O16/c19-1-4-7(22)8(23)12(27)17(31-4)34-15-6(3-21)32-18(13(28)10(15)25)33-14-5(2-20)30-16(29)11(26)9(14)24/h4-29H,1-3H2/t4-,5-,6-,7-,8+,9-,10-,11+,12-,13+,14+,15+,16+,17+,18-/m0/s1. The Morgan fingerprint density at radius 2 is 0.853 bits per heavy atom. The van der Waals surface area contributed by atoms with Gasteiger partial charge in [0, 0.05) is 0 Å². The van der Waals surface area contributed by atoms with Crippen LogP contribution in [0.3, 0.4) is 0 Å². The quantitative estimate of drug-likeness (QED) is 0.154. The van der Waals surface area contributed by atoms with E-state index in [0.29, 0.717) is 0 Å². The summed E-state index contributed by atoms with van der Waals surface area (Å²) in [6.07, 6.45) is -25.1. The Labute approximate surface area is 192 Å². The van der Waals surface area contributed by atoms with Crippen LogP contribution in [-0.2, 0) is 23.7 Å². The second-order valence-electron chi connectivity index (χ2n) is 8.33. The molecule has 0 bridgehead atoms. The lowest BCUT2D eigenvalue weighted by Crippen LogP contribution is -2.66. The highest BCUT2D eigenvalue weighted by Crippen LogP contribution is 2.32. The van der Waals surface area contributed by atoms with Crippen molar-refractivity contribution in [3.63, 3.8) is 0 Å². The van der Waals surface area contributed by atoms with Gasteiger partial charge in [0.15, 0.2) is 18.9 Å². The van der Waals surface area contributed by atoms with Gasteiger partial charge in [0.2, 0.25) is 0 Å². The van der Waals surface area contributed by atoms with Crippen LogP contribution in [0.1, 0.15) is 0 Å². The molecule has 34 heavy (non-hydrogen) atoms. The van der Waals surface area contributed by atoms with Crippen molar-refractivity contribution in [2.45, 2.75) is 92.1 Å². The van der Waals surface area contributed by atoms with Crippen molar-refractivity contribution in [1.29, 1.82) is 0 Å². The molecular formula is C18H32O16. The fourth-order valence-corrected chi connectivity index (χ4v) is 4.06. The minimum absolute atomic E-state index is 0.741. The van der Waals surface area contributed by atoms with Gasteiger partial charge in [-0.3, -0.25) is 0 Å². The predicted octanol–water partition coefficient (Wildman–Crippen LogP) is -7.57. The molecule has 0 unspecified atom stereocenters. The summed E-state index contributed by atoms with van der Waals surface area (Å²) in [5.41, 5.74) is 0. The van der Waals surface area contributed by atoms with Gasteiger partial charge < -0.3 is 79.9 Å². The van der Waals surface area contributed by atoms with Crippen molar-refractivity contribution in [2.24, 2.45) is 0 Å². The number of hydrogen-bond donors (Lipinski definition) is 11. The Morgan fingerprint density at radius 1 is 0.441 bits per heavy atom. The number of aliphatic hydroxyl groups excluding tert-OH is 11. The third kappa shape index (κ3) is 5.37. The van der Waals surface area contributed by atoms with Gasteiger partial charge in [-0.15, -0.1) is 0 Å². The van der Waals surface area contributed by atoms with Crippen LogP contribution in [0.5, 0.6) is 0 Å². The summed E-state index contributed by atoms with van der Waals surface area (Å²) < 4.78 is 26.4. The molecule has 0 aliphatic carbocycles. The SMILES string of the molecule is OC[C@@H]1O[C@H](O[C@H]2[C@@H](O)[C@@H](O)[C@H](O[C@H]3[C@@H](O)[C@@H](O)[C@H](O)O[C@H]3CO)O[C@H]2CO)[C@@H](O)[C@H](O)[C@H]1O. The van der Waals surface area contributed by atoms with E-state index in [4.69, 9.17) is 23.7 Å². The van der Waals surface area contributed by atoms with E-state index >= 15 is 0 Å². The minimum atomic E-state index is -1.91. The minimum Gasteiger partial charge on any atom is -0.394 e. The van der Waals surface area contributed by atoms with Crippen molar-refractivity contribution >= 4 is 0 Å². The first kappa shape index (κ1) is 27.9. The van der Waals surface area contributed by atoms with E-state index in [2.05, 4.69) is 0 Å². The maximum atomic E-state index is 10.6. The normalized spacial score (nSPS) is 52.5. The lowest BCUT2D eigenvalue weighted by atomic mass is 9.96. The van der Waals surface area contributed by atoms with Gasteiger partial charge in [-0.25, -0.2) is 0 Å². The molecular weight excluding hydrogens is 472 g/mol. The molecule has 0 amide bonds. The van der Waals surface area contributed by atoms with Gasteiger partial charge >= 0.3 is 0 Å². The predicted molar refractivity (Wildman–Crippen MR) is 101 cm³/mol. The second-order valence-corrected chi connectivity index (χ2v) is 8.33. The van der Waals surface area contributed by atoms with Gasteiger partial charge in [0.25, 0.3) is 0 Å². The van der Waals surface area contributed by atoms with Crippen molar-refractivity contribution in [2.75, 3.05) is 19.8 Å². The van der Waals surface area contributed by atoms with Crippen LogP contribution >= 0.6 is 0 Å². The molecule has 3 aliphatic heterocycles. The number of ether oxygens (including phenoxy) is 5. The molecule has 3 fully saturated rings. The molecule has 16 nitrogen and oxygen atoms in total. The molecule has 11 N–H and O–H groups in total. The Bertz CT molecular complexity index is 635. The summed E-state index contributed by atoms with van der Waals surface area (Å²) in [5.74, 6) is 0. The molecule has 200 valence electrons. The Morgan fingerprint density at radius 3 is 1.35 bits per heavy atom. The van der Waals surface area contributed by atoms with E-state index in [1.54, 1.807) is 0 Å². The van der Waals surface area contributed by atoms with E-state index in [9.17, 15) is 56.2 Å². The number of aliphatic hydroxyl groups is 11. The monoisotopic (exact) mass is 504 g/mol. The molecule has 0 saturated carbocycles. The van der Waals surface area contributed by atoms with Crippen LogP contribution in [0.4, 0.5) is 0 Å². The molecule has 16 heteroatoms. The van der Waals surface area contributed by atoms with E-state index in [-0.39, 0.29) is 0 Å². The highest BCUT2D eigenvalue weighted by Gasteiger charge is 2.53. The second kappa shape index (κ2) is 11.6. The highest BCUT2D eigenvalue weighted by atomic mass is 16.8. The molecule has 0 radical (unpaired) electrons. The van der Waals surface area contributed by atoms with E-state index in [1.807, 2.05) is 0 Å². The molecule has 0 spiro atoms. The number of hydrogen-bond acceptors (Lipinski definition) is 16. The van der Waals surface area contributed by atoms with Crippen LogP contribution in [0, 0.1) is 0 Å². The summed E-state index contributed by atoms with van der Waals surface area (Å²) in [6, 6.07) is 0. The van der Waals surface area contributed by atoms with E-state index < -0.39 is 112 Å². The highest BCUT2D eigenvalue weighted by molar-refractivity contribution is 4.96. The topological polar surface area (TPSA) is 269 Å². The van der Waals surface area contributed by atoms with Gasteiger partial charge in [0.1, 0.15) is 73.2 Å². The lowest BCUT2D eigenvalue weighted by molar-refractivity contribution is -0.377. The first-order valence-corrected chi connectivity index (χ1v) is 10.6. The molecule has 3 heterocycles. The van der Waals surface area contributed by atoms with Crippen LogP contribution in [0.25, 0.3) is 0 Å². The van der Waals surface area contributed by atoms with Crippen LogP contribution in [0.2, 0.25) is 0 Å². The Hall–Kier alpha value is -0.640. The van der Waals surface area contributed by atoms with Crippen molar-refractivity contribution in [3.8, 4) is 0 Å². The zero-order valence-electron chi connectivity index (χ0n) is 17.7. The average molecular weight is 504 g/mol. The molecule has 15 atom stereocenters. The number of rotatable bonds is 7.